The van der Waals surface area contributed by atoms with Gasteiger partial charge in [-0.05, 0) is 37.1 Å². The van der Waals surface area contributed by atoms with Crippen LogP contribution >= 0.6 is 0 Å². The van der Waals surface area contributed by atoms with Gasteiger partial charge in [-0.3, -0.25) is 4.79 Å². The minimum Gasteiger partial charge on any atom is -0.481 e. The molecule has 0 bridgehead atoms. The second-order valence-corrected chi connectivity index (χ2v) is 7.99. The molecule has 3 N–H and O–H groups in total. The highest BCUT2D eigenvalue weighted by Gasteiger charge is 2.19. The van der Waals surface area contributed by atoms with Crippen molar-refractivity contribution >= 4 is 22.9 Å². The lowest BCUT2D eigenvalue weighted by Gasteiger charge is -2.15. The maximum absolute atomic E-state index is 13.0. The van der Waals surface area contributed by atoms with Crippen LogP contribution in [-0.2, 0) is 11.5 Å². The number of aromatic nitrogens is 1. The Hall–Kier alpha value is -2.96. The second kappa shape index (κ2) is 9.90. The number of carboxylic acid groups (broad SMARTS) is 1. The normalized spacial score (nSPS) is 13.9. The van der Waals surface area contributed by atoms with E-state index in [9.17, 15) is 19.4 Å². The number of carbonyl (C=O) groups is 1. The zero-order chi connectivity index (χ0) is 22.5. The summed E-state index contributed by atoms with van der Waals surface area (Å²) >= 11 is 0. The third-order valence-corrected chi connectivity index (χ3v) is 5.26. The molecular formula is C25H28FNO4. The van der Waals surface area contributed by atoms with Crippen LogP contribution in [-0.4, -0.2) is 38.1 Å². The molecule has 164 valence electrons. The summed E-state index contributed by atoms with van der Waals surface area (Å²) in [7, 11) is 0. The first kappa shape index (κ1) is 22.7. The fourth-order valence-corrected chi connectivity index (χ4v) is 3.91. The Kier molecular flexibility index (Phi) is 7.25. The molecule has 0 fully saturated rings. The maximum Gasteiger partial charge on any atom is 0.305 e. The van der Waals surface area contributed by atoms with Crippen molar-refractivity contribution < 1.29 is 24.5 Å². The molecule has 0 spiro atoms. The number of fused-ring (bicyclic) bond motifs is 1. The Balaban J connectivity index is 2.08. The molecule has 0 aliphatic heterocycles. The minimum absolute atomic E-state index is 0.0642. The number of carboxylic acids is 1. The number of benzene rings is 2. The van der Waals surface area contributed by atoms with Crippen molar-refractivity contribution in [2.24, 2.45) is 0 Å². The molecule has 0 aliphatic carbocycles. The lowest BCUT2D eigenvalue weighted by atomic mass is 10.00. The van der Waals surface area contributed by atoms with Gasteiger partial charge in [-0.1, -0.05) is 48.5 Å². The molecule has 0 radical (unpaired) electrons. The fourth-order valence-electron chi connectivity index (χ4n) is 3.91. The van der Waals surface area contributed by atoms with Gasteiger partial charge in [0.1, 0.15) is 6.67 Å². The summed E-state index contributed by atoms with van der Waals surface area (Å²) in [5.74, 6) is -1.11. The molecule has 0 saturated heterocycles. The summed E-state index contributed by atoms with van der Waals surface area (Å²) in [6.07, 6.45) is 0.804. The zero-order valence-electron chi connectivity index (χ0n) is 17.7. The summed E-state index contributed by atoms with van der Waals surface area (Å²) in [5.41, 5.74) is 4.45. The number of aliphatic carboxylic acids is 1. The maximum atomic E-state index is 13.0. The lowest BCUT2D eigenvalue weighted by molar-refractivity contribution is -0.139. The van der Waals surface area contributed by atoms with Crippen molar-refractivity contribution in [1.29, 1.82) is 0 Å². The zero-order valence-corrected chi connectivity index (χ0v) is 17.7. The lowest BCUT2D eigenvalue weighted by Crippen LogP contribution is -2.19. The third kappa shape index (κ3) is 5.21. The number of rotatable bonds is 9. The average Bonchev–Trinajstić information content (AvgIpc) is 3.06. The van der Waals surface area contributed by atoms with Gasteiger partial charge in [-0.15, -0.1) is 0 Å². The number of hydrogen-bond acceptors (Lipinski definition) is 3. The smallest absolute Gasteiger partial charge is 0.305 e. The van der Waals surface area contributed by atoms with E-state index >= 15 is 0 Å². The molecule has 3 rings (SSSR count). The number of halogens is 1. The number of aliphatic hydroxyl groups excluding tert-OH is 2. The van der Waals surface area contributed by atoms with Gasteiger partial charge in [0, 0.05) is 34.6 Å². The van der Waals surface area contributed by atoms with Crippen molar-refractivity contribution in [2.45, 2.75) is 51.6 Å². The third-order valence-electron chi connectivity index (χ3n) is 5.26. The molecule has 2 unspecified atom stereocenters. The molecule has 0 saturated carbocycles. The highest BCUT2D eigenvalue weighted by molar-refractivity contribution is 6.01. The Morgan fingerprint density at radius 1 is 1.10 bits per heavy atom. The van der Waals surface area contributed by atoms with Crippen LogP contribution in [0.25, 0.3) is 28.1 Å². The average molecular weight is 426 g/mol. The summed E-state index contributed by atoms with van der Waals surface area (Å²) in [6, 6.07) is 15.5. The van der Waals surface area contributed by atoms with Gasteiger partial charge in [-0.2, -0.15) is 0 Å². The van der Waals surface area contributed by atoms with Gasteiger partial charge in [-0.25, -0.2) is 4.39 Å². The van der Waals surface area contributed by atoms with E-state index < -0.39 is 31.3 Å². The van der Waals surface area contributed by atoms with Crippen molar-refractivity contribution in [3.8, 4) is 11.1 Å². The number of para-hydroxylation sites is 1. The molecule has 3 aromatic rings. The van der Waals surface area contributed by atoms with Gasteiger partial charge < -0.3 is 19.9 Å². The van der Waals surface area contributed by atoms with E-state index in [1.807, 2.05) is 42.5 Å². The van der Waals surface area contributed by atoms with E-state index in [1.165, 1.54) is 0 Å². The first-order chi connectivity index (χ1) is 14.8. The van der Waals surface area contributed by atoms with Crippen LogP contribution < -0.4 is 0 Å². The second-order valence-electron chi connectivity index (χ2n) is 7.99. The molecule has 2 aromatic carbocycles. The van der Waals surface area contributed by atoms with E-state index in [2.05, 4.69) is 18.4 Å². The van der Waals surface area contributed by atoms with Crippen molar-refractivity contribution in [3.63, 3.8) is 0 Å². The first-order valence-electron chi connectivity index (χ1n) is 10.4. The molecule has 31 heavy (non-hydrogen) atoms. The van der Waals surface area contributed by atoms with Crippen molar-refractivity contribution in [3.05, 3.63) is 65.9 Å². The van der Waals surface area contributed by atoms with Gasteiger partial charge in [0.05, 0.1) is 18.6 Å². The minimum atomic E-state index is -1.12. The highest BCUT2D eigenvalue weighted by atomic mass is 19.1. The van der Waals surface area contributed by atoms with Crippen LogP contribution in [0.5, 0.6) is 0 Å². The molecule has 0 amide bonds. The van der Waals surface area contributed by atoms with E-state index in [-0.39, 0.29) is 12.5 Å². The standard InChI is InChI=1S/C25H28FNO4/c1-16(2)27-22-6-4-3-5-21(22)25(18-9-7-17(15-26)8-10-18)23(27)12-11-19(28)13-20(29)14-24(30)31/h3-12,16,19-20,28-29H,13-15H2,1-2H3,(H,30,31)/b12-11+. The summed E-state index contributed by atoms with van der Waals surface area (Å²) in [6.45, 7) is 3.63. The molecule has 1 heterocycles. The van der Waals surface area contributed by atoms with Gasteiger partial charge in [0.25, 0.3) is 0 Å². The number of nitrogens with zero attached hydrogens (tertiary/aromatic N) is 1. The van der Waals surface area contributed by atoms with E-state index in [0.29, 0.717) is 5.56 Å². The Bertz CT molecular complexity index is 1070. The largest absolute Gasteiger partial charge is 0.481 e. The first-order valence-corrected chi connectivity index (χ1v) is 10.4. The van der Waals surface area contributed by atoms with E-state index in [1.54, 1.807) is 18.2 Å². The fraction of sp³-hybridized carbons (Fsp3) is 0.320. The van der Waals surface area contributed by atoms with E-state index in [0.717, 1.165) is 27.7 Å². The van der Waals surface area contributed by atoms with Crippen molar-refractivity contribution in [2.75, 3.05) is 0 Å². The SMILES string of the molecule is CC(C)n1c(/C=C/C(O)CC(O)CC(=O)O)c(-c2ccc(CF)cc2)c2ccccc21. The summed E-state index contributed by atoms with van der Waals surface area (Å²) in [5, 5.41) is 30.0. The highest BCUT2D eigenvalue weighted by Crippen LogP contribution is 2.38. The summed E-state index contributed by atoms with van der Waals surface area (Å²) < 4.78 is 15.2. The summed E-state index contributed by atoms with van der Waals surface area (Å²) in [4.78, 5) is 10.8. The molecule has 1 aromatic heterocycles. The van der Waals surface area contributed by atoms with E-state index in [4.69, 9.17) is 5.11 Å². The molecular weight excluding hydrogens is 397 g/mol. The van der Waals surface area contributed by atoms with Crippen LogP contribution in [0.3, 0.4) is 0 Å². The van der Waals surface area contributed by atoms with Gasteiger partial charge >= 0.3 is 5.97 Å². The van der Waals surface area contributed by atoms with Crippen molar-refractivity contribution in [1.82, 2.24) is 4.57 Å². The number of aliphatic hydroxyl groups is 2. The van der Waals surface area contributed by atoms with Crippen LogP contribution in [0.2, 0.25) is 0 Å². The molecule has 2 atom stereocenters. The molecule has 5 nitrogen and oxygen atoms in total. The Morgan fingerprint density at radius 3 is 2.39 bits per heavy atom. The van der Waals surface area contributed by atoms with Crippen LogP contribution in [0.4, 0.5) is 4.39 Å². The predicted molar refractivity (Wildman–Crippen MR) is 120 cm³/mol. The Morgan fingerprint density at radius 2 is 1.77 bits per heavy atom. The monoisotopic (exact) mass is 425 g/mol. The molecule has 6 heteroatoms. The van der Waals surface area contributed by atoms with Gasteiger partial charge in [0.15, 0.2) is 0 Å². The van der Waals surface area contributed by atoms with Gasteiger partial charge in [0.2, 0.25) is 0 Å². The van der Waals surface area contributed by atoms with Crippen LogP contribution in [0.1, 0.15) is 44.0 Å². The predicted octanol–water partition coefficient (Wildman–Crippen LogP) is 4.96. The van der Waals surface area contributed by atoms with Crippen LogP contribution in [0, 0.1) is 0 Å². The quantitative estimate of drug-likeness (QED) is 0.453. The number of alkyl halides is 1. The molecule has 0 aliphatic rings. The topological polar surface area (TPSA) is 82.7 Å². The Labute approximate surface area is 181 Å². The number of hydrogen-bond donors (Lipinski definition) is 3. The van der Waals surface area contributed by atoms with Crippen LogP contribution in [0.15, 0.2) is 54.6 Å².